The van der Waals surface area contributed by atoms with Crippen LogP contribution in [0.2, 0.25) is 0 Å². The first-order valence-corrected chi connectivity index (χ1v) is 6.96. The van der Waals surface area contributed by atoms with Gasteiger partial charge in [-0.25, -0.2) is 9.67 Å². The van der Waals surface area contributed by atoms with Crippen LogP contribution in [0.1, 0.15) is 57.2 Å². The fourth-order valence-corrected chi connectivity index (χ4v) is 2.77. The molecule has 0 aromatic carbocycles. The van der Waals surface area contributed by atoms with E-state index in [1.54, 1.807) is 0 Å². The number of rotatable bonds is 4. The summed E-state index contributed by atoms with van der Waals surface area (Å²) in [6.45, 7) is 4.06. The third-order valence-corrected chi connectivity index (χ3v) is 3.91. The molecule has 2 rings (SSSR count). The molecule has 1 aliphatic carbocycles. The summed E-state index contributed by atoms with van der Waals surface area (Å²) in [6.07, 6.45) is 4.30. The molecule has 1 heterocycles. The van der Waals surface area contributed by atoms with Crippen molar-refractivity contribution >= 4 is 5.97 Å². The minimum Gasteiger partial charge on any atom is -0.480 e. The van der Waals surface area contributed by atoms with Crippen molar-refractivity contribution < 1.29 is 9.90 Å². The fraction of sp³-hybridized carbons (Fsp3) is 0.769. The number of aliphatic carboxylic acids is 1. The number of aromatic nitrogens is 3. The first-order chi connectivity index (χ1) is 9.00. The first-order valence-electron chi connectivity index (χ1n) is 6.96. The van der Waals surface area contributed by atoms with Crippen molar-refractivity contribution in [3.63, 3.8) is 0 Å². The molecule has 1 aromatic heterocycles. The van der Waals surface area contributed by atoms with Gasteiger partial charge in [0.25, 0.3) is 0 Å². The van der Waals surface area contributed by atoms with Gasteiger partial charge in [0.1, 0.15) is 11.4 Å². The number of aryl methyl sites for hydroxylation is 2. The second-order valence-electron chi connectivity index (χ2n) is 5.31. The molecule has 1 saturated carbocycles. The number of nitrogens with two attached hydrogens (primary N) is 1. The van der Waals surface area contributed by atoms with Crippen molar-refractivity contribution in [3.8, 4) is 0 Å². The molecule has 3 N–H and O–H groups in total. The van der Waals surface area contributed by atoms with Crippen LogP contribution in [0.25, 0.3) is 0 Å². The second-order valence-corrected chi connectivity index (χ2v) is 5.31. The van der Waals surface area contributed by atoms with E-state index in [1.807, 2.05) is 18.5 Å². The molecule has 0 spiro atoms. The van der Waals surface area contributed by atoms with Crippen LogP contribution in [-0.2, 0) is 17.6 Å². The van der Waals surface area contributed by atoms with Gasteiger partial charge >= 0.3 is 5.97 Å². The van der Waals surface area contributed by atoms with Crippen LogP contribution in [0.3, 0.4) is 0 Å². The molecule has 0 amide bonds. The molecule has 0 bridgehead atoms. The molecule has 2 unspecified atom stereocenters. The normalized spacial score (nSPS) is 27.4. The molecule has 0 saturated heterocycles. The van der Waals surface area contributed by atoms with E-state index < -0.39 is 11.5 Å². The Morgan fingerprint density at radius 1 is 1.53 bits per heavy atom. The summed E-state index contributed by atoms with van der Waals surface area (Å²) >= 11 is 0. The van der Waals surface area contributed by atoms with Gasteiger partial charge in [-0.3, -0.25) is 4.79 Å². The lowest BCUT2D eigenvalue weighted by Gasteiger charge is -2.34. The Labute approximate surface area is 113 Å². The van der Waals surface area contributed by atoms with Gasteiger partial charge in [0.05, 0.1) is 6.04 Å². The van der Waals surface area contributed by atoms with Crippen LogP contribution < -0.4 is 5.73 Å². The van der Waals surface area contributed by atoms with Crippen molar-refractivity contribution in [2.24, 2.45) is 5.73 Å². The molecule has 1 aliphatic rings. The zero-order valence-corrected chi connectivity index (χ0v) is 11.6. The van der Waals surface area contributed by atoms with Gasteiger partial charge in [-0.15, -0.1) is 0 Å². The summed E-state index contributed by atoms with van der Waals surface area (Å²) in [6, 6.07) is 0.0533. The average Bonchev–Trinajstić information content (AvgIpc) is 2.82. The highest BCUT2D eigenvalue weighted by Gasteiger charge is 2.40. The van der Waals surface area contributed by atoms with E-state index in [0.717, 1.165) is 37.3 Å². The van der Waals surface area contributed by atoms with Crippen LogP contribution in [0.4, 0.5) is 0 Å². The van der Waals surface area contributed by atoms with Crippen molar-refractivity contribution in [1.29, 1.82) is 0 Å². The maximum atomic E-state index is 11.3. The van der Waals surface area contributed by atoms with E-state index in [0.29, 0.717) is 12.8 Å². The summed E-state index contributed by atoms with van der Waals surface area (Å²) in [4.78, 5) is 15.8. The number of carbonyl (C=O) groups is 1. The van der Waals surface area contributed by atoms with Gasteiger partial charge in [-0.05, 0) is 25.7 Å². The van der Waals surface area contributed by atoms with Gasteiger partial charge in [-0.2, -0.15) is 5.10 Å². The maximum absolute atomic E-state index is 11.3. The molecule has 1 fully saturated rings. The smallest absolute Gasteiger partial charge is 0.323 e. The second kappa shape index (κ2) is 5.28. The molecule has 0 aliphatic heterocycles. The Morgan fingerprint density at radius 2 is 2.26 bits per heavy atom. The van der Waals surface area contributed by atoms with Gasteiger partial charge in [0.15, 0.2) is 5.82 Å². The van der Waals surface area contributed by atoms with E-state index in [1.165, 1.54) is 0 Å². The number of hydrogen-bond donors (Lipinski definition) is 2. The molecule has 19 heavy (non-hydrogen) atoms. The van der Waals surface area contributed by atoms with Crippen molar-refractivity contribution in [2.75, 3.05) is 0 Å². The third kappa shape index (κ3) is 2.63. The monoisotopic (exact) mass is 266 g/mol. The van der Waals surface area contributed by atoms with E-state index in [2.05, 4.69) is 10.1 Å². The molecule has 0 radical (unpaired) electrons. The highest BCUT2D eigenvalue weighted by Crippen LogP contribution is 2.34. The zero-order chi connectivity index (χ0) is 14.0. The summed E-state index contributed by atoms with van der Waals surface area (Å²) in [7, 11) is 0. The van der Waals surface area contributed by atoms with Crippen LogP contribution >= 0.6 is 0 Å². The molecule has 6 heteroatoms. The standard InChI is InChI=1S/C13H22N4O2/c1-3-10-15-11(4-2)17(16-10)9-6-5-7-13(14,8-9)12(18)19/h9H,3-8,14H2,1-2H3,(H,18,19). The molecule has 2 atom stereocenters. The predicted octanol–water partition coefficient (Wildman–Crippen LogP) is 1.30. The molecular weight excluding hydrogens is 244 g/mol. The van der Waals surface area contributed by atoms with E-state index >= 15 is 0 Å². The summed E-state index contributed by atoms with van der Waals surface area (Å²) in [5.74, 6) is 0.836. The number of nitrogens with zero attached hydrogens (tertiary/aromatic N) is 3. The lowest BCUT2D eigenvalue weighted by molar-refractivity contribution is -0.145. The van der Waals surface area contributed by atoms with E-state index in [-0.39, 0.29) is 6.04 Å². The van der Waals surface area contributed by atoms with Crippen LogP contribution in [-0.4, -0.2) is 31.4 Å². The topological polar surface area (TPSA) is 94.0 Å². The number of hydrogen-bond acceptors (Lipinski definition) is 4. The molecule has 1 aromatic rings. The Kier molecular flexibility index (Phi) is 3.89. The lowest BCUT2D eigenvalue weighted by atomic mass is 9.80. The van der Waals surface area contributed by atoms with E-state index in [4.69, 9.17) is 5.73 Å². The first kappa shape index (κ1) is 14.0. The Balaban J connectivity index is 2.26. The Hall–Kier alpha value is -1.43. The predicted molar refractivity (Wildman–Crippen MR) is 70.8 cm³/mol. The SMILES string of the molecule is CCc1nc(CC)n(C2CCCC(N)(C(=O)O)C2)n1. The van der Waals surface area contributed by atoms with Gasteiger partial charge < -0.3 is 10.8 Å². The number of carboxylic acids is 1. The van der Waals surface area contributed by atoms with Gasteiger partial charge in [-0.1, -0.05) is 13.8 Å². The lowest BCUT2D eigenvalue weighted by Crippen LogP contribution is -2.51. The third-order valence-electron chi connectivity index (χ3n) is 3.91. The van der Waals surface area contributed by atoms with Gasteiger partial charge in [0.2, 0.25) is 0 Å². The molecule has 106 valence electrons. The molecular formula is C13H22N4O2. The minimum absolute atomic E-state index is 0.0533. The fourth-order valence-electron chi connectivity index (χ4n) is 2.77. The largest absolute Gasteiger partial charge is 0.480 e. The van der Waals surface area contributed by atoms with Crippen LogP contribution in [0, 0.1) is 0 Å². The van der Waals surface area contributed by atoms with Crippen molar-refractivity contribution in [2.45, 2.75) is 64.0 Å². The summed E-state index contributed by atoms with van der Waals surface area (Å²) < 4.78 is 1.91. The van der Waals surface area contributed by atoms with Crippen molar-refractivity contribution in [1.82, 2.24) is 14.8 Å². The maximum Gasteiger partial charge on any atom is 0.323 e. The van der Waals surface area contributed by atoms with Gasteiger partial charge in [0, 0.05) is 12.8 Å². The Morgan fingerprint density at radius 3 is 2.84 bits per heavy atom. The Bertz CT molecular complexity index is 471. The highest BCUT2D eigenvalue weighted by molar-refractivity contribution is 5.78. The van der Waals surface area contributed by atoms with Crippen molar-refractivity contribution in [3.05, 3.63) is 11.6 Å². The molecule has 6 nitrogen and oxygen atoms in total. The summed E-state index contributed by atoms with van der Waals surface area (Å²) in [5, 5.41) is 13.8. The minimum atomic E-state index is -1.12. The zero-order valence-electron chi connectivity index (χ0n) is 11.6. The quantitative estimate of drug-likeness (QED) is 0.856. The van der Waals surface area contributed by atoms with E-state index in [9.17, 15) is 9.90 Å². The van der Waals surface area contributed by atoms with Crippen LogP contribution in [0.15, 0.2) is 0 Å². The average molecular weight is 266 g/mol. The van der Waals surface area contributed by atoms with Crippen LogP contribution in [0.5, 0.6) is 0 Å². The summed E-state index contributed by atoms with van der Waals surface area (Å²) in [5.41, 5.74) is 4.88. The number of carboxylic acid groups (broad SMARTS) is 1. The highest BCUT2D eigenvalue weighted by atomic mass is 16.4.